The SMILES string of the molecule is Cc1c(C)c(C)c(C=NNC(N)=S)c(C)c1C. The fourth-order valence-corrected chi connectivity index (χ4v) is 1.94. The summed E-state index contributed by atoms with van der Waals surface area (Å²) in [6, 6.07) is 0. The molecule has 0 heterocycles. The molecule has 0 fully saturated rings. The van der Waals surface area contributed by atoms with Gasteiger partial charge in [-0.25, -0.2) is 0 Å². The van der Waals surface area contributed by atoms with Crippen molar-refractivity contribution in [2.24, 2.45) is 10.8 Å². The third kappa shape index (κ3) is 2.82. The molecule has 0 bridgehead atoms. The van der Waals surface area contributed by atoms with Crippen molar-refractivity contribution in [2.45, 2.75) is 34.6 Å². The lowest BCUT2D eigenvalue weighted by molar-refractivity contribution is 1.04. The van der Waals surface area contributed by atoms with E-state index in [9.17, 15) is 0 Å². The fourth-order valence-electron chi connectivity index (χ4n) is 1.88. The van der Waals surface area contributed by atoms with Crippen molar-refractivity contribution in [1.29, 1.82) is 0 Å². The number of rotatable bonds is 2. The zero-order valence-electron chi connectivity index (χ0n) is 11.0. The summed E-state index contributed by atoms with van der Waals surface area (Å²) in [4.78, 5) is 0. The Kier molecular flexibility index (Phi) is 4.23. The van der Waals surface area contributed by atoms with Crippen molar-refractivity contribution in [1.82, 2.24) is 5.43 Å². The molecule has 0 unspecified atom stereocenters. The summed E-state index contributed by atoms with van der Waals surface area (Å²) in [6.45, 7) is 10.6. The first-order valence-electron chi connectivity index (χ1n) is 5.51. The summed E-state index contributed by atoms with van der Waals surface area (Å²) in [5.74, 6) is 0. The molecule has 0 amide bonds. The minimum Gasteiger partial charge on any atom is -0.375 e. The van der Waals surface area contributed by atoms with E-state index < -0.39 is 0 Å². The zero-order chi connectivity index (χ0) is 13.2. The van der Waals surface area contributed by atoms with Crippen LogP contribution in [0.1, 0.15) is 33.4 Å². The first kappa shape index (κ1) is 13.6. The summed E-state index contributed by atoms with van der Waals surface area (Å²) in [6.07, 6.45) is 1.78. The molecule has 0 saturated carbocycles. The molecule has 0 spiro atoms. The third-order valence-corrected chi connectivity index (χ3v) is 3.52. The smallest absolute Gasteiger partial charge is 0.184 e. The van der Waals surface area contributed by atoms with E-state index in [2.05, 4.69) is 45.1 Å². The summed E-state index contributed by atoms with van der Waals surface area (Å²) >= 11 is 4.70. The number of nitrogens with one attached hydrogen (secondary N) is 1. The van der Waals surface area contributed by atoms with E-state index >= 15 is 0 Å². The standard InChI is InChI=1S/C13H19N3S/c1-7-8(2)10(4)12(11(5)9(7)3)6-15-16-13(14)17/h6H,1-5H3,(H3,14,16,17). The Hall–Kier alpha value is -1.42. The summed E-state index contributed by atoms with van der Waals surface area (Å²) in [7, 11) is 0. The Morgan fingerprint density at radius 1 is 1.00 bits per heavy atom. The van der Waals surface area contributed by atoms with Crippen LogP contribution in [0.25, 0.3) is 0 Å². The highest BCUT2D eigenvalue weighted by Crippen LogP contribution is 2.24. The van der Waals surface area contributed by atoms with Gasteiger partial charge in [0.05, 0.1) is 6.21 Å². The van der Waals surface area contributed by atoms with E-state index in [4.69, 9.17) is 18.0 Å². The summed E-state index contributed by atoms with van der Waals surface area (Å²) in [5.41, 5.74) is 15.5. The van der Waals surface area contributed by atoms with Gasteiger partial charge in [-0.15, -0.1) is 0 Å². The van der Waals surface area contributed by atoms with E-state index in [-0.39, 0.29) is 5.11 Å². The van der Waals surface area contributed by atoms with E-state index in [1.165, 1.54) is 27.8 Å². The molecule has 3 N–H and O–H groups in total. The van der Waals surface area contributed by atoms with Crippen molar-refractivity contribution in [3.63, 3.8) is 0 Å². The maximum Gasteiger partial charge on any atom is 0.184 e. The lowest BCUT2D eigenvalue weighted by Crippen LogP contribution is -2.24. The molecule has 0 aromatic heterocycles. The summed E-state index contributed by atoms with van der Waals surface area (Å²) < 4.78 is 0. The average molecular weight is 249 g/mol. The average Bonchev–Trinajstić information content (AvgIpc) is 2.28. The van der Waals surface area contributed by atoms with Crippen LogP contribution >= 0.6 is 12.2 Å². The van der Waals surface area contributed by atoms with Gasteiger partial charge in [0.15, 0.2) is 5.11 Å². The van der Waals surface area contributed by atoms with E-state index in [1.807, 2.05) is 0 Å². The second-order valence-corrected chi connectivity index (χ2v) is 4.71. The van der Waals surface area contributed by atoms with Gasteiger partial charge in [-0.05, 0) is 74.7 Å². The zero-order valence-corrected chi connectivity index (χ0v) is 11.8. The predicted molar refractivity (Wildman–Crippen MR) is 77.6 cm³/mol. The quantitative estimate of drug-likeness (QED) is 0.481. The van der Waals surface area contributed by atoms with Gasteiger partial charge in [0, 0.05) is 5.56 Å². The van der Waals surface area contributed by atoms with Gasteiger partial charge in [0.25, 0.3) is 0 Å². The molecule has 0 saturated heterocycles. The van der Waals surface area contributed by atoms with Crippen LogP contribution < -0.4 is 11.2 Å². The van der Waals surface area contributed by atoms with Gasteiger partial charge >= 0.3 is 0 Å². The highest BCUT2D eigenvalue weighted by Gasteiger charge is 2.10. The third-order valence-electron chi connectivity index (χ3n) is 3.43. The fraction of sp³-hybridized carbons (Fsp3) is 0.385. The molecule has 1 rings (SSSR count). The number of nitrogens with two attached hydrogens (primary N) is 1. The Balaban J connectivity index is 3.25. The lowest BCUT2D eigenvalue weighted by Gasteiger charge is -2.15. The van der Waals surface area contributed by atoms with E-state index in [0.717, 1.165) is 5.56 Å². The number of thiocarbonyl (C=S) groups is 1. The molecule has 0 aliphatic rings. The molecule has 92 valence electrons. The first-order valence-corrected chi connectivity index (χ1v) is 5.92. The highest BCUT2D eigenvalue weighted by molar-refractivity contribution is 7.80. The Morgan fingerprint density at radius 2 is 1.41 bits per heavy atom. The van der Waals surface area contributed by atoms with E-state index in [1.54, 1.807) is 6.21 Å². The maximum atomic E-state index is 5.32. The van der Waals surface area contributed by atoms with Gasteiger partial charge < -0.3 is 5.73 Å². The van der Waals surface area contributed by atoms with Crippen molar-refractivity contribution in [3.8, 4) is 0 Å². The van der Waals surface area contributed by atoms with Crippen LogP contribution in [0.2, 0.25) is 0 Å². The van der Waals surface area contributed by atoms with Crippen molar-refractivity contribution >= 4 is 23.5 Å². The van der Waals surface area contributed by atoms with Crippen LogP contribution in [0.5, 0.6) is 0 Å². The molecule has 17 heavy (non-hydrogen) atoms. The van der Waals surface area contributed by atoms with Crippen LogP contribution in [-0.2, 0) is 0 Å². The van der Waals surface area contributed by atoms with Crippen LogP contribution in [0, 0.1) is 34.6 Å². The Labute approximate surface area is 108 Å². The molecular weight excluding hydrogens is 230 g/mol. The molecule has 0 aliphatic heterocycles. The second-order valence-electron chi connectivity index (χ2n) is 4.27. The van der Waals surface area contributed by atoms with Crippen LogP contribution in [0.15, 0.2) is 5.10 Å². The van der Waals surface area contributed by atoms with Crippen molar-refractivity contribution < 1.29 is 0 Å². The van der Waals surface area contributed by atoms with Crippen LogP contribution in [0.3, 0.4) is 0 Å². The molecule has 0 aliphatic carbocycles. The maximum absolute atomic E-state index is 5.32. The van der Waals surface area contributed by atoms with Gasteiger partial charge in [0.1, 0.15) is 0 Å². The normalized spacial score (nSPS) is 10.9. The van der Waals surface area contributed by atoms with Gasteiger partial charge in [0.2, 0.25) is 0 Å². The molecule has 0 radical (unpaired) electrons. The highest BCUT2D eigenvalue weighted by atomic mass is 32.1. The minimum absolute atomic E-state index is 0.178. The second kappa shape index (κ2) is 5.27. The lowest BCUT2D eigenvalue weighted by atomic mass is 9.90. The van der Waals surface area contributed by atoms with Crippen LogP contribution in [0.4, 0.5) is 0 Å². The van der Waals surface area contributed by atoms with Gasteiger partial charge in [-0.2, -0.15) is 5.10 Å². The number of hydrogen-bond donors (Lipinski definition) is 2. The molecule has 3 nitrogen and oxygen atoms in total. The molecule has 4 heteroatoms. The molecule has 1 aromatic carbocycles. The minimum atomic E-state index is 0.178. The Morgan fingerprint density at radius 3 is 1.82 bits per heavy atom. The predicted octanol–water partition coefficient (Wildman–Crippen LogP) is 2.40. The number of hydrogen-bond acceptors (Lipinski definition) is 2. The van der Waals surface area contributed by atoms with E-state index in [0.29, 0.717) is 0 Å². The Bertz CT molecular complexity index is 461. The number of benzene rings is 1. The number of nitrogens with zero attached hydrogens (tertiary/aromatic N) is 1. The largest absolute Gasteiger partial charge is 0.375 e. The molecular formula is C13H19N3S. The number of hydrazone groups is 1. The monoisotopic (exact) mass is 249 g/mol. The van der Waals surface area contributed by atoms with Crippen molar-refractivity contribution in [2.75, 3.05) is 0 Å². The molecule has 0 atom stereocenters. The summed E-state index contributed by atoms with van der Waals surface area (Å²) in [5, 5.41) is 4.21. The van der Waals surface area contributed by atoms with Crippen molar-refractivity contribution in [3.05, 3.63) is 33.4 Å². The van der Waals surface area contributed by atoms with Crippen LogP contribution in [-0.4, -0.2) is 11.3 Å². The molecule has 1 aromatic rings. The first-order chi connectivity index (χ1) is 7.86. The topological polar surface area (TPSA) is 50.4 Å². The van der Waals surface area contributed by atoms with Gasteiger partial charge in [-0.1, -0.05) is 0 Å². The van der Waals surface area contributed by atoms with Gasteiger partial charge in [-0.3, -0.25) is 5.43 Å².